The van der Waals surface area contributed by atoms with Crippen LogP contribution in [0.5, 0.6) is 5.75 Å². The second kappa shape index (κ2) is 11.2. The highest BCUT2D eigenvalue weighted by molar-refractivity contribution is 7.89. The Hall–Kier alpha value is -2.79. The van der Waals surface area contributed by atoms with Crippen LogP contribution < -0.4 is 20.5 Å². The van der Waals surface area contributed by atoms with Gasteiger partial charge in [0.05, 0.1) is 33.0 Å². The van der Waals surface area contributed by atoms with E-state index in [1.54, 1.807) is 18.2 Å². The van der Waals surface area contributed by atoms with E-state index in [1.165, 1.54) is 35.6 Å². The Morgan fingerprint density at radius 3 is 2.60 bits per heavy atom. The molecule has 0 amide bonds. The first-order valence-electron chi connectivity index (χ1n) is 12.9. The third kappa shape index (κ3) is 6.10. The Labute approximate surface area is 232 Å². The summed E-state index contributed by atoms with van der Waals surface area (Å²) in [7, 11) is -5.99. The number of piperidine rings is 1. The molecule has 2 atom stereocenters. The summed E-state index contributed by atoms with van der Waals surface area (Å²) in [4.78, 5) is 16.9. The minimum absolute atomic E-state index is 0.00488. The van der Waals surface area contributed by atoms with Gasteiger partial charge in [-0.25, -0.2) is 26.4 Å². The number of aliphatic hydroxyl groups excluding tert-OH is 1. The van der Waals surface area contributed by atoms with Crippen LogP contribution >= 0.6 is 0 Å². The van der Waals surface area contributed by atoms with Gasteiger partial charge in [-0.3, -0.25) is 0 Å². The molecule has 2 saturated heterocycles. The predicted octanol–water partition coefficient (Wildman–Crippen LogP) is 0.106. The number of hydrogen-bond donors (Lipinski definition) is 5. The summed E-state index contributed by atoms with van der Waals surface area (Å²) in [5, 5.41) is 13.7. The van der Waals surface area contributed by atoms with E-state index in [-0.39, 0.29) is 29.0 Å². The fraction of sp³-hybridized carbons (Fsp3) is 0.480. The van der Waals surface area contributed by atoms with E-state index >= 15 is 0 Å². The van der Waals surface area contributed by atoms with E-state index in [2.05, 4.69) is 20.0 Å². The minimum atomic E-state index is -3.72. The fourth-order valence-electron chi connectivity index (χ4n) is 5.18. The number of nitrogens with zero attached hydrogens (tertiary/aromatic N) is 1. The van der Waals surface area contributed by atoms with Crippen molar-refractivity contribution in [2.24, 2.45) is 0 Å². The summed E-state index contributed by atoms with van der Waals surface area (Å²) in [6.07, 6.45) is 0.950. The van der Waals surface area contributed by atoms with Gasteiger partial charge < -0.3 is 29.9 Å². The van der Waals surface area contributed by atoms with Gasteiger partial charge in [-0.1, -0.05) is 6.07 Å². The normalized spacial score (nSPS) is 20.7. The molecule has 2 aromatic carbocycles. The molecule has 3 aromatic rings. The molecular weight excluding hydrogens is 562 g/mol. The number of hydrogen-bond acceptors (Lipinski definition) is 9. The molecule has 3 heterocycles. The summed E-state index contributed by atoms with van der Waals surface area (Å²) < 4.78 is 65.8. The van der Waals surface area contributed by atoms with E-state index in [0.717, 1.165) is 0 Å². The van der Waals surface area contributed by atoms with Crippen LogP contribution in [0.3, 0.4) is 0 Å². The van der Waals surface area contributed by atoms with Crippen LogP contribution in [0.15, 0.2) is 57.1 Å². The molecule has 2 aliphatic rings. The number of sulfonamides is 2. The van der Waals surface area contributed by atoms with Gasteiger partial charge in [-0.15, -0.1) is 0 Å². The highest BCUT2D eigenvalue weighted by Gasteiger charge is 2.44. The van der Waals surface area contributed by atoms with E-state index in [4.69, 9.17) is 9.47 Å². The summed E-state index contributed by atoms with van der Waals surface area (Å²) >= 11 is 0. The quantitative estimate of drug-likeness (QED) is 0.217. The number of ether oxygens (including phenoxy) is 2. The first-order chi connectivity index (χ1) is 19.0. The zero-order chi connectivity index (χ0) is 28.5. The third-order valence-corrected chi connectivity index (χ3v) is 10.7. The molecular formula is C25H33N5O8S2. The largest absolute Gasteiger partial charge is 0.491 e. The topological polar surface area (TPSA) is 183 Å². The van der Waals surface area contributed by atoms with Crippen LogP contribution in [0, 0.1) is 0 Å². The summed E-state index contributed by atoms with van der Waals surface area (Å²) in [5.74, 6) is 0.335. The van der Waals surface area contributed by atoms with Gasteiger partial charge in [0.25, 0.3) is 0 Å². The van der Waals surface area contributed by atoms with Crippen molar-refractivity contribution < 1.29 is 31.4 Å². The number of fused-ring (bicyclic) bond motifs is 1. The maximum absolute atomic E-state index is 13.2. The van der Waals surface area contributed by atoms with Crippen molar-refractivity contribution in [2.75, 3.05) is 39.9 Å². The molecule has 2 fully saturated rings. The average molecular weight is 596 g/mol. The smallest absolute Gasteiger partial charge is 0.323 e. The van der Waals surface area contributed by atoms with Crippen LogP contribution in [0.25, 0.3) is 11.0 Å². The Balaban J connectivity index is 1.09. The van der Waals surface area contributed by atoms with Crippen molar-refractivity contribution in [3.05, 3.63) is 52.9 Å². The average Bonchev–Trinajstić information content (AvgIpc) is 3.52. The lowest BCUT2D eigenvalue weighted by Gasteiger charge is -2.38. The van der Waals surface area contributed by atoms with Gasteiger partial charge in [0.1, 0.15) is 18.5 Å². The number of H-pyrrole nitrogens is 2. The van der Waals surface area contributed by atoms with Crippen LogP contribution in [0.2, 0.25) is 0 Å². The molecule has 5 rings (SSSR count). The molecule has 40 heavy (non-hydrogen) atoms. The lowest BCUT2D eigenvalue weighted by molar-refractivity contribution is -0.0312. The first kappa shape index (κ1) is 28.7. The zero-order valence-corrected chi connectivity index (χ0v) is 23.6. The molecule has 0 aliphatic carbocycles. The maximum atomic E-state index is 13.2. The van der Waals surface area contributed by atoms with Gasteiger partial charge in [-0.05, 0) is 56.6 Å². The Kier molecular flexibility index (Phi) is 8.07. The number of benzene rings is 2. The molecule has 1 aromatic heterocycles. The van der Waals surface area contributed by atoms with Crippen LogP contribution in [-0.4, -0.2) is 93.9 Å². The highest BCUT2D eigenvalue weighted by atomic mass is 32.2. The Morgan fingerprint density at radius 1 is 1.10 bits per heavy atom. The Morgan fingerprint density at radius 2 is 1.85 bits per heavy atom. The molecule has 1 spiro atoms. The predicted molar refractivity (Wildman–Crippen MR) is 146 cm³/mol. The molecule has 15 heteroatoms. The third-order valence-electron chi connectivity index (χ3n) is 7.44. The lowest BCUT2D eigenvalue weighted by atomic mass is 9.88. The van der Waals surface area contributed by atoms with Gasteiger partial charge in [0, 0.05) is 31.7 Å². The van der Waals surface area contributed by atoms with E-state index < -0.39 is 37.4 Å². The van der Waals surface area contributed by atoms with Crippen molar-refractivity contribution in [2.45, 2.75) is 46.8 Å². The number of rotatable bonds is 10. The molecule has 2 aliphatic heterocycles. The molecule has 0 radical (unpaired) electrons. The Bertz CT molecular complexity index is 1630. The van der Waals surface area contributed by atoms with Crippen molar-refractivity contribution in [3.8, 4) is 5.75 Å². The minimum Gasteiger partial charge on any atom is -0.491 e. The van der Waals surface area contributed by atoms with Crippen molar-refractivity contribution in [1.29, 1.82) is 0 Å². The number of nitrogens with one attached hydrogen (secondary N) is 4. The SMILES string of the molecule is CNS(=O)(=O)c1cccc(OCC(O)CNC2COC3(CCN(S(=O)(=O)c4ccc5[nH]c(=O)[nH]c5c4)CC3)C2)c1. The van der Waals surface area contributed by atoms with Crippen molar-refractivity contribution in [1.82, 2.24) is 24.3 Å². The van der Waals surface area contributed by atoms with Crippen molar-refractivity contribution >= 4 is 31.1 Å². The van der Waals surface area contributed by atoms with Crippen LogP contribution in [0.4, 0.5) is 0 Å². The summed E-state index contributed by atoms with van der Waals surface area (Å²) in [5.41, 5.74) is 0.166. The standard InChI is InChI=1S/C25H33N5O8S2/c1-26-39(33,34)20-4-2-3-19(11-20)37-16-18(31)14-27-17-13-25(38-15-17)7-9-30(10-8-25)40(35,36)21-5-6-22-23(12-21)29-24(32)28-22/h2-6,11-12,17-18,26-27,31H,7-10,13-16H2,1H3,(H2,28,29,32). The monoisotopic (exact) mass is 595 g/mol. The second-order valence-corrected chi connectivity index (χ2v) is 14.0. The van der Waals surface area contributed by atoms with Crippen molar-refractivity contribution in [3.63, 3.8) is 0 Å². The number of aromatic amines is 2. The van der Waals surface area contributed by atoms with E-state index in [1.807, 2.05) is 0 Å². The second-order valence-electron chi connectivity index (χ2n) is 10.1. The van der Waals surface area contributed by atoms with Gasteiger partial charge >= 0.3 is 5.69 Å². The van der Waals surface area contributed by atoms with Gasteiger partial charge in [-0.2, -0.15) is 4.31 Å². The first-order valence-corrected chi connectivity index (χ1v) is 15.9. The zero-order valence-electron chi connectivity index (χ0n) is 21.9. The summed E-state index contributed by atoms with van der Waals surface area (Å²) in [6.45, 7) is 1.31. The molecule has 0 saturated carbocycles. The van der Waals surface area contributed by atoms with Crippen LogP contribution in [-0.2, 0) is 24.8 Å². The van der Waals surface area contributed by atoms with E-state index in [0.29, 0.717) is 55.7 Å². The van der Waals surface area contributed by atoms with Gasteiger partial charge in [0.15, 0.2) is 0 Å². The molecule has 13 nitrogen and oxygen atoms in total. The lowest BCUT2D eigenvalue weighted by Crippen LogP contribution is -2.47. The molecule has 0 bridgehead atoms. The highest BCUT2D eigenvalue weighted by Crippen LogP contribution is 2.37. The molecule has 2 unspecified atom stereocenters. The fourth-order valence-corrected chi connectivity index (χ4v) is 7.42. The number of imidazole rings is 1. The van der Waals surface area contributed by atoms with E-state index in [9.17, 15) is 26.7 Å². The molecule has 5 N–H and O–H groups in total. The number of aromatic nitrogens is 2. The maximum Gasteiger partial charge on any atom is 0.323 e. The summed E-state index contributed by atoms with van der Waals surface area (Å²) in [6, 6.07) is 10.6. The van der Waals surface area contributed by atoms with Gasteiger partial charge in [0.2, 0.25) is 20.0 Å². The number of aliphatic hydroxyl groups is 1. The van der Waals surface area contributed by atoms with Crippen LogP contribution in [0.1, 0.15) is 19.3 Å². The molecule has 218 valence electrons.